The van der Waals surface area contributed by atoms with E-state index in [2.05, 4.69) is 15.0 Å². The largest absolute Gasteiger partial charge is 0.435 e. The Bertz CT molecular complexity index is 1600. The van der Waals surface area contributed by atoms with Gasteiger partial charge >= 0.3 is 18.5 Å². The van der Waals surface area contributed by atoms with Gasteiger partial charge in [-0.25, -0.2) is 4.79 Å². The van der Waals surface area contributed by atoms with Crippen LogP contribution in [-0.4, -0.2) is 40.7 Å². The number of benzene rings is 3. The van der Waals surface area contributed by atoms with Crippen LogP contribution in [0, 0.1) is 0 Å². The van der Waals surface area contributed by atoms with E-state index in [0.717, 1.165) is 12.0 Å². The Balaban J connectivity index is 1.50. The topological polar surface area (TPSA) is 73.7 Å². The Morgan fingerprint density at radius 1 is 0.977 bits per heavy atom. The first-order valence-electron chi connectivity index (χ1n) is 13.9. The number of halogens is 5. The first-order chi connectivity index (χ1) is 20.6. The van der Waals surface area contributed by atoms with Crippen molar-refractivity contribution in [3.8, 4) is 5.75 Å². The van der Waals surface area contributed by atoms with E-state index in [1.807, 2.05) is 17.9 Å². The van der Waals surface area contributed by atoms with Gasteiger partial charge in [0.15, 0.2) is 5.58 Å². The molecule has 0 bridgehead atoms. The number of fused-ring (bicyclic) bond motifs is 1. The van der Waals surface area contributed by atoms with Crippen LogP contribution in [0.2, 0.25) is 0 Å². The molecule has 2 heterocycles. The number of nitrogens with zero attached hydrogens (tertiary/aromatic N) is 2. The molecule has 1 aliphatic rings. The molecule has 1 aromatic heterocycles. The summed E-state index contributed by atoms with van der Waals surface area (Å²) in [7, 11) is 0. The highest BCUT2D eigenvalue weighted by molar-refractivity contribution is 5.72. The SMILES string of the molecule is CCCCN1C(CN(Cc2ccc(OC(F)F)cc2)Cc2ccc3oc(=O)[nH]c3c2)=C(C(F)(F)F)NC1c1ccccc1. The highest BCUT2D eigenvalue weighted by Gasteiger charge is 2.45. The van der Waals surface area contributed by atoms with Crippen LogP contribution in [0.15, 0.2) is 93.4 Å². The summed E-state index contributed by atoms with van der Waals surface area (Å²) in [5.74, 6) is -0.621. The monoisotopic (exact) mass is 602 g/mol. The van der Waals surface area contributed by atoms with Crippen molar-refractivity contribution in [3.05, 3.63) is 111 Å². The van der Waals surface area contributed by atoms with Gasteiger partial charge in [-0.1, -0.05) is 61.9 Å². The van der Waals surface area contributed by atoms with E-state index in [1.165, 1.54) is 12.1 Å². The van der Waals surface area contributed by atoms with Crippen LogP contribution in [0.5, 0.6) is 5.75 Å². The number of H-pyrrole nitrogens is 1. The minimum atomic E-state index is -4.63. The van der Waals surface area contributed by atoms with Gasteiger partial charge in [0, 0.05) is 26.2 Å². The van der Waals surface area contributed by atoms with E-state index in [9.17, 15) is 26.7 Å². The third kappa shape index (κ3) is 7.37. The molecule has 0 fully saturated rings. The summed E-state index contributed by atoms with van der Waals surface area (Å²) >= 11 is 0. The Hall–Kier alpha value is -4.32. The number of allylic oxidation sites excluding steroid dienone is 1. The molecule has 0 radical (unpaired) electrons. The fraction of sp³-hybridized carbons (Fsp3) is 0.323. The molecule has 7 nitrogen and oxygen atoms in total. The van der Waals surface area contributed by atoms with Gasteiger partial charge in [0.2, 0.25) is 0 Å². The van der Waals surface area contributed by atoms with E-state index in [-0.39, 0.29) is 31.1 Å². The molecular formula is C31H31F5N4O3. The molecule has 1 aliphatic heterocycles. The average Bonchev–Trinajstić information content (AvgIpc) is 3.52. The minimum absolute atomic E-state index is 0.0156. The second-order valence-corrected chi connectivity index (χ2v) is 10.3. The third-order valence-electron chi connectivity index (χ3n) is 7.20. The van der Waals surface area contributed by atoms with Crippen LogP contribution < -0.4 is 15.8 Å². The van der Waals surface area contributed by atoms with E-state index < -0.39 is 30.4 Å². The van der Waals surface area contributed by atoms with Gasteiger partial charge in [-0.3, -0.25) is 9.88 Å². The second-order valence-electron chi connectivity index (χ2n) is 10.3. The number of ether oxygens (including phenoxy) is 1. The molecule has 43 heavy (non-hydrogen) atoms. The molecule has 228 valence electrons. The summed E-state index contributed by atoms with van der Waals surface area (Å²) in [5, 5.41) is 2.76. The summed E-state index contributed by atoms with van der Waals surface area (Å²) in [6.45, 7) is -0.205. The predicted molar refractivity (Wildman–Crippen MR) is 151 cm³/mol. The summed E-state index contributed by atoms with van der Waals surface area (Å²) in [5.41, 5.74) is 2.31. The molecule has 0 spiro atoms. The first kappa shape index (κ1) is 30.1. The molecule has 4 aromatic rings. The quantitative estimate of drug-likeness (QED) is 0.172. The predicted octanol–water partition coefficient (Wildman–Crippen LogP) is 6.90. The van der Waals surface area contributed by atoms with Crippen LogP contribution in [0.3, 0.4) is 0 Å². The Morgan fingerprint density at radius 3 is 2.35 bits per heavy atom. The number of unbranched alkanes of at least 4 members (excludes halogenated alkanes) is 1. The van der Waals surface area contributed by atoms with Crippen LogP contribution in [0.1, 0.15) is 42.6 Å². The van der Waals surface area contributed by atoms with Gasteiger partial charge in [-0.2, -0.15) is 22.0 Å². The maximum Gasteiger partial charge on any atom is 0.432 e. The van der Waals surface area contributed by atoms with Crippen molar-refractivity contribution >= 4 is 11.1 Å². The number of nitrogens with one attached hydrogen (secondary N) is 2. The van der Waals surface area contributed by atoms with Crippen molar-refractivity contribution in [2.75, 3.05) is 13.1 Å². The average molecular weight is 603 g/mol. The van der Waals surface area contributed by atoms with Crippen molar-refractivity contribution in [1.82, 2.24) is 20.1 Å². The smallest absolute Gasteiger partial charge is 0.432 e. The zero-order chi connectivity index (χ0) is 30.6. The molecular weight excluding hydrogens is 571 g/mol. The fourth-order valence-electron chi connectivity index (χ4n) is 5.27. The van der Waals surface area contributed by atoms with E-state index in [1.54, 1.807) is 59.5 Å². The van der Waals surface area contributed by atoms with E-state index >= 15 is 0 Å². The normalized spacial score (nSPS) is 15.6. The summed E-state index contributed by atoms with van der Waals surface area (Å²) in [6, 6.07) is 20.1. The van der Waals surface area contributed by atoms with Gasteiger partial charge in [0.1, 0.15) is 17.6 Å². The lowest BCUT2D eigenvalue weighted by atomic mass is 10.1. The van der Waals surface area contributed by atoms with Crippen LogP contribution in [0.25, 0.3) is 11.1 Å². The summed E-state index contributed by atoms with van der Waals surface area (Å²) < 4.78 is 78.5. The van der Waals surface area contributed by atoms with Crippen molar-refractivity contribution in [2.45, 2.75) is 51.8 Å². The number of aromatic nitrogens is 1. The molecule has 1 atom stereocenters. The standard InChI is InChI=1S/C31H31F5N4O3/c1-2-3-15-40-25(27(31(34,35)36)38-28(40)22-7-5-4-6-8-22)19-39(17-20-9-12-23(13-10-20)42-29(32)33)18-21-11-14-26-24(16-21)37-30(41)43-26/h4-14,16,28-29,38H,2-3,15,17-19H2,1H3,(H,37,41). The molecule has 0 saturated carbocycles. The van der Waals surface area contributed by atoms with Crippen molar-refractivity contribution in [1.29, 1.82) is 0 Å². The minimum Gasteiger partial charge on any atom is -0.435 e. The van der Waals surface area contributed by atoms with Gasteiger partial charge in [-0.05, 0) is 47.4 Å². The summed E-state index contributed by atoms with van der Waals surface area (Å²) in [4.78, 5) is 17.9. The number of oxazole rings is 1. The first-order valence-corrected chi connectivity index (χ1v) is 13.9. The number of hydrogen-bond donors (Lipinski definition) is 2. The molecule has 0 saturated heterocycles. The van der Waals surface area contributed by atoms with Gasteiger partial charge in [-0.15, -0.1) is 0 Å². The lowest BCUT2D eigenvalue weighted by Crippen LogP contribution is -2.34. The maximum atomic E-state index is 14.5. The van der Waals surface area contributed by atoms with Crippen LogP contribution in [0.4, 0.5) is 22.0 Å². The third-order valence-corrected chi connectivity index (χ3v) is 7.20. The van der Waals surface area contributed by atoms with Crippen LogP contribution >= 0.6 is 0 Å². The number of aromatic amines is 1. The molecule has 3 aromatic carbocycles. The van der Waals surface area contributed by atoms with Crippen molar-refractivity contribution < 1.29 is 31.1 Å². The number of alkyl halides is 5. The zero-order valence-corrected chi connectivity index (χ0v) is 23.3. The van der Waals surface area contributed by atoms with Gasteiger partial charge in [0.05, 0.1) is 11.2 Å². The molecule has 12 heteroatoms. The molecule has 5 rings (SSSR count). The number of rotatable bonds is 12. The molecule has 0 aliphatic carbocycles. The van der Waals surface area contributed by atoms with Gasteiger partial charge < -0.3 is 19.4 Å². The van der Waals surface area contributed by atoms with Crippen molar-refractivity contribution in [3.63, 3.8) is 0 Å². The fourth-order valence-corrected chi connectivity index (χ4v) is 5.27. The lowest BCUT2D eigenvalue weighted by Gasteiger charge is -2.32. The Morgan fingerprint density at radius 2 is 1.67 bits per heavy atom. The van der Waals surface area contributed by atoms with E-state index in [0.29, 0.717) is 35.2 Å². The van der Waals surface area contributed by atoms with Crippen molar-refractivity contribution in [2.24, 2.45) is 0 Å². The molecule has 2 N–H and O–H groups in total. The Labute approximate surface area is 244 Å². The molecule has 0 amide bonds. The second kappa shape index (κ2) is 12.9. The van der Waals surface area contributed by atoms with Crippen LogP contribution in [-0.2, 0) is 13.1 Å². The van der Waals surface area contributed by atoms with Gasteiger partial charge in [0.25, 0.3) is 0 Å². The highest BCUT2D eigenvalue weighted by atomic mass is 19.4. The van der Waals surface area contributed by atoms with E-state index in [4.69, 9.17) is 4.42 Å². The molecule has 1 unspecified atom stereocenters. The summed E-state index contributed by atoms with van der Waals surface area (Å²) in [6.07, 6.45) is -3.83. The maximum absolute atomic E-state index is 14.5. The Kier molecular flexibility index (Phi) is 9.05. The highest BCUT2D eigenvalue weighted by Crippen LogP contribution is 2.39. The lowest BCUT2D eigenvalue weighted by molar-refractivity contribution is -0.0971. The number of hydrogen-bond acceptors (Lipinski definition) is 6. The zero-order valence-electron chi connectivity index (χ0n) is 23.3.